The minimum Gasteiger partial charge on any atom is -0.495 e. The molecule has 0 atom stereocenters. The van der Waals surface area contributed by atoms with E-state index in [1.807, 2.05) is 0 Å². The third-order valence-electron chi connectivity index (χ3n) is 6.10. The van der Waals surface area contributed by atoms with E-state index in [0.717, 1.165) is 28.8 Å². The molecule has 0 spiro atoms. The average molecular weight is 552 g/mol. The monoisotopic (exact) mass is 551 g/mol. The first-order chi connectivity index (χ1) is 17.2. The molecule has 0 aliphatic carbocycles. The van der Waals surface area contributed by atoms with Crippen LogP contribution in [0, 0.1) is 18.6 Å². The van der Waals surface area contributed by atoms with Gasteiger partial charge in [-0.2, -0.15) is 0 Å². The molecule has 2 N–H and O–H groups in total. The van der Waals surface area contributed by atoms with Crippen LogP contribution in [-0.2, 0) is 14.6 Å². The molecule has 4 aromatic rings. The Morgan fingerprint density at radius 2 is 1.89 bits per heavy atom. The smallest absolute Gasteiger partial charge is 0.354 e. The minimum atomic E-state index is -4.53. The standard InChI is InChI=1S/C24H20ClF2N3O6S/c1-11-8-15(22(31)32)28-21-20(11)29-23(33)30(21)16-10-18(17(36-4)9-13(16)25)37(34,35)24(2,3)12-6-5-7-14(26)19(12)27/h5-10H,1-4H3,(H,29,33)(H,31,32). The number of pyridine rings is 1. The number of sulfone groups is 1. The van der Waals surface area contributed by atoms with Gasteiger partial charge in [0.2, 0.25) is 0 Å². The van der Waals surface area contributed by atoms with Crippen molar-refractivity contribution in [1.29, 1.82) is 0 Å². The van der Waals surface area contributed by atoms with Crippen molar-refractivity contribution < 1.29 is 31.8 Å². The normalized spacial score (nSPS) is 12.2. The maximum atomic E-state index is 14.7. The number of carbonyl (C=O) groups is 1. The number of rotatable bonds is 6. The number of benzene rings is 2. The van der Waals surface area contributed by atoms with Crippen LogP contribution in [0.15, 0.2) is 46.1 Å². The zero-order valence-electron chi connectivity index (χ0n) is 19.9. The Kier molecular flexibility index (Phi) is 6.37. The van der Waals surface area contributed by atoms with Crippen molar-refractivity contribution in [3.63, 3.8) is 0 Å². The maximum absolute atomic E-state index is 14.7. The zero-order valence-corrected chi connectivity index (χ0v) is 21.5. The molecule has 0 radical (unpaired) electrons. The highest BCUT2D eigenvalue weighted by molar-refractivity contribution is 7.92. The number of aryl methyl sites for hydroxylation is 1. The fourth-order valence-electron chi connectivity index (χ4n) is 4.02. The number of nitrogens with one attached hydrogen (secondary N) is 1. The van der Waals surface area contributed by atoms with Gasteiger partial charge >= 0.3 is 11.7 Å². The van der Waals surface area contributed by atoms with Crippen LogP contribution in [0.3, 0.4) is 0 Å². The highest BCUT2D eigenvalue weighted by Gasteiger charge is 2.42. The fraction of sp³-hybridized carbons (Fsp3) is 0.208. The van der Waals surface area contributed by atoms with Gasteiger partial charge in [-0.1, -0.05) is 23.7 Å². The van der Waals surface area contributed by atoms with Crippen molar-refractivity contribution in [3.8, 4) is 11.4 Å². The predicted octanol–water partition coefficient (Wildman–Crippen LogP) is 4.37. The van der Waals surface area contributed by atoms with E-state index in [0.29, 0.717) is 5.56 Å². The topological polar surface area (TPSA) is 131 Å². The van der Waals surface area contributed by atoms with Gasteiger partial charge in [0.05, 0.1) is 28.1 Å². The number of imidazole rings is 1. The van der Waals surface area contributed by atoms with Gasteiger partial charge in [0.25, 0.3) is 0 Å². The molecule has 0 fully saturated rings. The third-order valence-corrected chi connectivity index (χ3v) is 8.86. The van der Waals surface area contributed by atoms with Crippen molar-refractivity contribution in [1.82, 2.24) is 14.5 Å². The number of ether oxygens (including phenoxy) is 1. The number of hydrogen-bond donors (Lipinski definition) is 2. The Bertz CT molecular complexity index is 1760. The number of aromatic nitrogens is 3. The molecule has 0 amide bonds. The van der Waals surface area contributed by atoms with Gasteiger partial charge in [0.1, 0.15) is 10.6 Å². The summed E-state index contributed by atoms with van der Waals surface area (Å²) in [5.41, 5.74) is -1.17. The number of hydrogen-bond acceptors (Lipinski definition) is 6. The van der Waals surface area contributed by atoms with E-state index >= 15 is 0 Å². The SMILES string of the molecule is COc1cc(Cl)c(-n2c(=O)[nH]c3c(C)cc(C(=O)O)nc32)cc1S(=O)(=O)C(C)(C)c1cccc(F)c1F. The van der Waals surface area contributed by atoms with Crippen molar-refractivity contribution in [2.45, 2.75) is 30.4 Å². The van der Waals surface area contributed by atoms with Crippen LogP contribution in [0.4, 0.5) is 8.78 Å². The summed E-state index contributed by atoms with van der Waals surface area (Å²) in [6.07, 6.45) is 0. The number of nitrogens with zero attached hydrogens (tertiary/aromatic N) is 2. The zero-order chi connectivity index (χ0) is 27.4. The molecule has 0 bridgehead atoms. The molecular formula is C24H20ClF2N3O6S. The summed E-state index contributed by atoms with van der Waals surface area (Å²) in [5, 5.41) is 9.29. The Hall–Kier alpha value is -3.77. The molecule has 0 unspecified atom stereocenters. The molecule has 9 nitrogen and oxygen atoms in total. The van der Waals surface area contributed by atoms with Crippen LogP contribution in [0.1, 0.15) is 35.5 Å². The summed E-state index contributed by atoms with van der Waals surface area (Å²) >= 11 is 6.41. The van der Waals surface area contributed by atoms with E-state index in [1.54, 1.807) is 6.92 Å². The van der Waals surface area contributed by atoms with E-state index in [9.17, 15) is 31.9 Å². The first kappa shape index (κ1) is 26.3. The number of carboxylic acids is 1. The molecule has 4 rings (SSSR count). The largest absolute Gasteiger partial charge is 0.495 e. The minimum absolute atomic E-state index is 0.103. The van der Waals surface area contributed by atoms with Gasteiger partial charge in [0.15, 0.2) is 32.8 Å². The van der Waals surface area contributed by atoms with Gasteiger partial charge in [-0.3, -0.25) is 0 Å². The number of aromatic carboxylic acids is 1. The van der Waals surface area contributed by atoms with Crippen molar-refractivity contribution >= 4 is 38.6 Å². The van der Waals surface area contributed by atoms with Crippen molar-refractivity contribution in [2.75, 3.05) is 7.11 Å². The van der Waals surface area contributed by atoms with Crippen LogP contribution < -0.4 is 10.4 Å². The quantitative estimate of drug-likeness (QED) is 0.364. The summed E-state index contributed by atoms with van der Waals surface area (Å²) in [7, 11) is -3.33. The Morgan fingerprint density at radius 3 is 2.51 bits per heavy atom. The molecule has 37 heavy (non-hydrogen) atoms. The van der Waals surface area contributed by atoms with Crippen LogP contribution in [0.2, 0.25) is 5.02 Å². The number of aromatic amines is 1. The molecule has 2 aromatic carbocycles. The molecule has 0 saturated heterocycles. The van der Waals surface area contributed by atoms with Gasteiger partial charge in [-0.05, 0) is 44.5 Å². The molecule has 2 heterocycles. The highest BCUT2D eigenvalue weighted by atomic mass is 35.5. The molecule has 13 heteroatoms. The van der Waals surface area contributed by atoms with E-state index in [2.05, 4.69) is 9.97 Å². The average Bonchev–Trinajstić information content (AvgIpc) is 3.16. The van der Waals surface area contributed by atoms with Crippen molar-refractivity contribution in [3.05, 3.63) is 80.4 Å². The number of methoxy groups -OCH3 is 1. The summed E-state index contributed by atoms with van der Waals surface area (Å²) in [4.78, 5) is 30.6. The number of carboxylic acid groups (broad SMARTS) is 1. The molecule has 2 aromatic heterocycles. The lowest BCUT2D eigenvalue weighted by Gasteiger charge is -2.27. The first-order valence-corrected chi connectivity index (χ1v) is 12.5. The molecule has 0 aliphatic rings. The van der Waals surface area contributed by atoms with Crippen LogP contribution in [0.5, 0.6) is 5.75 Å². The van der Waals surface area contributed by atoms with Gasteiger partial charge in [0, 0.05) is 11.6 Å². The van der Waals surface area contributed by atoms with Crippen LogP contribution in [-0.4, -0.2) is 41.1 Å². The van der Waals surface area contributed by atoms with Gasteiger partial charge in [-0.15, -0.1) is 0 Å². The maximum Gasteiger partial charge on any atom is 0.354 e. The van der Waals surface area contributed by atoms with Gasteiger partial charge in [-0.25, -0.2) is 36.3 Å². The second kappa shape index (κ2) is 8.96. The summed E-state index contributed by atoms with van der Waals surface area (Å²) in [6, 6.07) is 6.69. The second-order valence-electron chi connectivity index (χ2n) is 8.66. The van der Waals surface area contributed by atoms with Crippen LogP contribution in [0.25, 0.3) is 16.9 Å². The predicted molar refractivity (Wildman–Crippen MR) is 132 cm³/mol. The summed E-state index contributed by atoms with van der Waals surface area (Å²) < 4.78 is 60.6. The van der Waals surface area contributed by atoms with E-state index in [-0.39, 0.29) is 33.3 Å². The Labute approximate surface area is 214 Å². The number of halogens is 3. The summed E-state index contributed by atoms with van der Waals surface area (Å²) in [6.45, 7) is 3.98. The van der Waals surface area contributed by atoms with E-state index in [1.165, 1.54) is 33.1 Å². The number of H-pyrrole nitrogens is 1. The van der Waals surface area contributed by atoms with Gasteiger partial charge < -0.3 is 14.8 Å². The highest BCUT2D eigenvalue weighted by Crippen LogP contribution is 2.42. The fourth-order valence-corrected chi connectivity index (χ4v) is 5.93. The second-order valence-corrected chi connectivity index (χ2v) is 11.5. The molecule has 0 saturated carbocycles. The Balaban J connectivity index is 2.04. The number of fused-ring (bicyclic) bond motifs is 1. The van der Waals surface area contributed by atoms with E-state index < -0.39 is 48.3 Å². The summed E-state index contributed by atoms with van der Waals surface area (Å²) in [5.74, 6) is -4.08. The molecule has 0 aliphatic heterocycles. The lowest BCUT2D eigenvalue weighted by atomic mass is 10.0. The first-order valence-electron chi connectivity index (χ1n) is 10.6. The van der Waals surface area contributed by atoms with Crippen molar-refractivity contribution in [2.24, 2.45) is 0 Å². The lowest BCUT2D eigenvalue weighted by molar-refractivity contribution is 0.0690. The third kappa shape index (κ3) is 4.05. The Morgan fingerprint density at radius 1 is 1.22 bits per heavy atom. The molecular weight excluding hydrogens is 532 g/mol. The van der Waals surface area contributed by atoms with Crippen LogP contribution >= 0.6 is 11.6 Å². The lowest BCUT2D eigenvalue weighted by Crippen LogP contribution is -2.31. The van der Waals surface area contributed by atoms with E-state index in [4.69, 9.17) is 16.3 Å². The molecule has 194 valence electrons.